The first-order chi connectivity index (χ1) is 8.08. The molecule has 0 spiro atoms. The minimum atomic E-state index is -1.18. The van der Waals surface area contributed by atoms with Crippen molar-refractivity contribution in [3.8, 4) is 0 Å². The number of halogens is 2. The number of hydrogen-bond donors (Lipinski definition) is 1. The number of nitro benzene ring substituents is 1. The average Bonchev–Trinajstić information content (AvgIpc) is 2.68. The molecule has 2 rings (SSSR count). The quantitative estimate of drug-likeness (QED) is 0.653. The lowest BCUT2D eigenvalue weighted by atomic mass is 10.2. The summed E-state index contributed by atoms with van der Waals surface area (Å²) in [5, 5.41) is 13.4. The molecule has 1 fully saturated rings. The Labute approximate surface area is 95.5 Å². The van der Waals surface area contributed by atoms with Gasteiger partial charge in [0, 0.05) is 18.7 Å². The van der Waals surface area contributed by atoms with Gasteiger partial charge in [0.15, 0.2) is 0 Å². The Morgan fingerprint density at radius 1 is 1.47 bits per heavy atom. The van der Waals surface area contributed by atoms with Gasteiger partial charge in [-0.2, -0.15) is 4.39 Å². The molecule has 92 valence electrons. The molecule has 1 aromatic rings. The van der Waals surface area contributed by atoms with E-state index in [4.69, 9.17) is 4.74 Å². The number of rotatable bonds is 3. The molecule has 0 amide bonds. The molecule has 1 aliphatic heterocycles. The topological polar surface area (TPSA) is 64.4 Å². The van der Waals surface area contributed by atoms with Crippen molar-refractivity contribution in [1.29, 1.82) is 0 Å². The van der Waals surface area contributed by atoms with Crippen molar-refractivity contribution in [3.05, 3.63) is 33.9 Å². The van der Waals surface area contributed by atoms with Crippen molar-refractivity contribution in [1.82, 2.24) is 0 Å². The van der Waals surface area contributed by atoms with E-state index >= 15 is 0 Å². The summed E-state index contributed by atoms with van der Waals surface area (Å²) in [5.41, 5.74) is -0.888. The molecule has 1 heterocycles. The van der Waals surface area contributed by atoms with Gasteiger partial charge in [-0.25, -0.2) is 4.39 Å². The zero-order valence-electron chi connectivity index (χ0n) is 8.78. The molecule has 0 aliphatic carbocycles. The summed E-state index contributed by atoms with van der Waals surface area (Å²) >= 11 is 0. The van der Waals surface area contributed by atoms with E-state index < -0.39 is 22.2 Å². The summed E-state index contributed by atoms with van der Waals surface area (Å²) in [4.78, 5) is 9.83. The third-order valence-corrected chi connectivity index (χ3v) is 2.50. The predicted octanol–water partition coefficient (Wildman–Crippen LogP) is 2.07. The summed E-state index contributed by atoms with van der Waals surface area (Å²) in [6.07, 6.45) is 0.648. The molecule has 7 heteroatoms. The molecule has 1 aromatic carbocycles. The molecular weight excluding hydrogens is 234 g/mol. The largest absolute Gasteiger partial charge is 0.379 e. The Hall–Kier alpha value is -1.76. The molecule has 1 aliphatic rings. The van der Waals surface area contributed by atoms with Crippen molar-refractivity contribution < 1.29 is 18.4 Å². The van der Waals surface area contributed by atoms with E-state index in [0.717, 1.165) is 6.07 Å². The van der Waals surface area contributed by atoms with E-state index in [1.165, 1.54) is 0 Å². The lowest BCUT2D eigenvalue weighted by Crippen LogP contribution is -2.20. The van der Waals surface area contributed by atoms with E-state index in [1.807, 2.05) is 0 Å². The van der Waals surface area contributed by atoms with Crippen LogP contribution in [-0.2, 0) is 4.74 Å². The second-order valence-electron chi connectivity index (χ2n) is 3.75. The molecule has 0 bridgehead atoms. The first-order valence-electron chi connectivity index (χ1n) is 5.05. The van der Waals surface area contributed by atoms with Gasteiger partial charge < -0.3 is 10.1 Å². The highest BCUT2D eigenvalue weighted by Gasteiger charge is 2.25. The molecular formula is C10H10F2N2O3. The molecule has 1 saturated heterocycles. The fraction of sp³-hybridized carbons (Fsp3) is 0.400. The maximum absolute atomic E-state index is 13.3. The van der Waals surface area contributed by atoms with E-state index in [1.54, 1.807) is 0 Å². The molecule has 5 nitrogen and oxygen atoms in total. The fourth-order valence-corrected chi connectivity index (χ4v) is 1.73. The zero-order valence-corrected chi connectivity index (χ0v) is 8.78. The Morgan fingerprint density at radius 2 is 2.24 bits per heavy atom. The van der Waals surface area contributed by atoms with Crippen molar-refractivity contribution >= 4 is 11.4 Å². The van der Waals surface area contributed by atoms with Gasteiger partial charge in [0.05, 0.1) is 17.6 Å². The standard InChI is InChI=1S/C10H10F2N2O3/c11-6-3-8(12)10(14(15)16)9(4-6)13-7-1-2-17-5-7/h3-4,7,13H,1-2,5H2. The molecule has 1 atom stereocenters. The van der Waals surface area contributed by atoms with Gasteiger partial charge in [0.1, 0.15) is 11.5 Å². The Kier molecular flexibility index (Phi) is 3.19. The summed E-state index contributed by atoms with van der Waals surface area (Å²) in [6, 6.07) is 1.25. The third kappa shape index (κ3) is 2.50. The summed E-state index contributed by atoms with van der Waals surface area (Å²) in [6.45, 7) is 0.901. The van der Waals surface area contributed by atoms with Gasteiger partial charge in [-0.1, -0.05) is 0 Å². The Balaban J connectivity index is 2.32. The summed E-state index contributed by atoms with van der Waals surface area (Å²) in [7, 11) is 0. The maximum atomic E-state index is 13.3. The summed E-state index contributed by atoms with van der Waals surface area (Å²) < 4.78 is 31.4. The third-order valence-electron chi connectivity index (χ3n) is 2.50. The van der Waals surface area contributed by atoms with Crippen LogP contribution in [0.1, 0.15) is 6.42 Å². The van der Waals surface area contributed by atoms with Crippen LogP contribution in [0.25, 0.3) is 0 Å². The van der Waals surface area contributed by atoms with Gasteiger partial charge in [0.2, 0.25) is 5.82 Å². The molecule has 0 radical (unpaired) electrons. The predicted molar refractivity (Wildman–Crippen MR) is 55.9 cm³/mol. The van der Waals surface area contributed by atoms with Gasteiger partial charge in [-0.05, 0) is 6.42 Å². The molecule has 1 unspecified atom stereocenters. The second-order valence-corrected chi connectivity index (χ2v) is 3.75. The van der Waals surface area contributed by atoms with Crippen LogP contribution in [0, 0.1) is 21.7 Å². The molecule has 0 aromatic heterocycles. The second kappa shape index (κ2) is 4.62. The Morgan fingerprint density at radius 3 is 2.82 bits per heavy atom. The smallest absolute Gasteiger partial charge is 0.327 e. The number of hydrogen-bond acceptors (Lipinski definition) is 4. The van der Waals surface area contributed by atoms with Crippen LogP contribution in [0.5, 0.6) is 0 Å². The van der Waals surface area contributed by atoms with Crippen molar-refractivity contribution in [2.45, 2.75) is 12.5 Å². The Bertz CT molecular complexity index is 447. The monoisotopic (exact) mass is 244 g/mol. The SMILES string of the molecule is O=[N+]([O-])c1c(F)cc(F)cc1NC1CCOC1. The highest BCUT2D eigenvalue weighted by molar-refractivity contribution is 5.62. The maximum Gasteiger partial charge on any atom is 0.327 e. The van der Waals surface area contributed by atoms with Crippen LogP contribution >= 0.6 is 0 Å². The number of nitrogens with zero attached hydrogens (tertiary/aromatic N) is 1. The van der Waals surface area contributed by atoms with Gasteiger partial charge in [-0.15, -0.1) is 0 Å². The number of anilines is 1. The number of ether oxygens (including phenoxy) is 1. The molecule has 1 N–H and O–H groups in total. The number of nitro groups is 1. The lowest BCUT2D eigenvalue weighted by molar-refractivity contribution is -0.386. The van der Waals surface area contributed by atoms with Crippen LogP contribution in [0.3, 0.4) is 0 Å². The average molecular weight is 244 g/mol. The van der Waals surface area contributed by atoms with Crippen LogP contribution in [0.15, 0.2) is 12.1 Å². The van der Waals surface area contributed by atoms with Gasteiger partial charge in [-0.3, -0.25) is 10.1 Å². The van der Waals surface area contributed by atoms with E-state index in [9.17, 15) is 18.9 Å². The van der Waals surface area contributed by atoms with Gasteiger partial charge >= 0.3 is 5.69 Å². The van der Waals surface area contributed by atoms with Gasteiger partial charge in [0.25, 0.3) is 0 Å². The highest BCUT2D eigenvalue weighted by Crippen LogP contribution is 2.30. The van der Waals surface area contributed by atoms with E-state index in [0.29, 0.717) is 25.7 Å². The summed E-state index contributed by atoms with van der Waals surface area (Å²) in [5.74, 6) is -2.04. The zero-order chi connectivity index (χ0) is 12.4. The van der Waals surface area contributed by atoms with Crippen LogP contribution in [-0.4, -0.2) is 24.2 Å². The molecule has 0 saturated carbocycles. The lowest BCUT2D eigenvalue weighted by Gasteiger charge is -2.12. The molecule has 17 heavy (non-hydrogen) atoms. The first-order valence-corrected chi connectivity index (χ1v) is 5.05. The highest BCUT2D eigenvalue weighted by atomic mass is 19.1. The van der Waals surface area contributed by atoms with Crippen LogP contribution < -0.4 is 5.32 Å². The number of benzene rings is 1. The number of nitrogens with one attached hydrogen (secondary N) is 1. The van der Waals surface area contributed by atoms with Crippen molar-refractivity contribution in [2.24, 2.45) is 0 Å². The normalized spacial score (nSPS) is 19.3. The minimum Gasteiger partial charge on any atom is -0.379 e. The van der Waals surface area contributed by atoms with E-state index in [2.05, 4.69) is 5.32 Å². The van der Waals surface area contributed by atoms with Crippen LogP contribution in [0.4, 0.5) is 20.2 Å². The van der Waals surface area contributed by atoms with E-state index in [-0.39, 0.29) is 11.7 Å². The fourth-order valence-electron chi connectivity index (χ4n) is 1.73. The van der Waals surface area contributed by atoms with Crippen molar-refractivity contribution in [2.75, 3.05) is 18.5 Å². The first kappa shape index (κ1) is 11.7. The van der Waals surface area contributed by atoms with Crippen LogP contribution in [0.2, 0.25) is 0 Å². The minimum absolute atomic E-state index is 0.150. The van der Waals surface area contributed by atoms with Crippen molar-refractivity contribution in [3.63, 3.8) is 0 Å².